The Hall–Kier alpha value is -2.44. The van der Waals surface area contributed by atoms with Gasteiger partial charge in [-0.3, -0.25) is 4.79 Å². The molecule has 20 heavy (non-hydrogen) atoms. The van der Waals surface area contributed by atoms with Gasteiger partial charge >= 0.3 is 0 Å². The first-order valence-electron chi connectivity index (χ1n) is 5.84. The third-order valence-corrected chi connectivity index (χ3v) is 2.96. The summed E-state index contributed by atoms with van der Waals surface area (Å²) in [7, 11) is 0. The number of amides is 1. The second-order valence-corrected chi connectivity index (χ2v) is 4.33. The van der Waals surface area contributed by atoms with Crippen LogP contribution in [0.25, 0.3) is 0 Å². The minimum Gasteiger partial charge on any atom is -0.378 e. The Labute approximate surface area is 113 Å². The second kappa shape index (κ2) is 5.28. The van der Waals surface area contributed by atoms with E-state index < -0.39 is 17.5 Å². The highest BCUT2D eigenvalue weighted by Crippen LogP contribution is 2.21. The number of hydrogen-bond acceptors (Lipinski definition) is 4. The Balaban J connectivity index is 2.26. The van der Waals surface area contributed by atoms with Crippen LogP contribution in [0, 0.1) is 25.5 Å². The Morgan fingerprint density at radius 1 is 1.35 bits per heavy atom. The van der Waals surface area contributed by atoms with E-state index in [-0.39, 0.29) is 17.8 Å². The lowest BCUT2D eigenvalue weighted by molar-refractivity contribution is 0.0996. The van der Waals surface area contributed by atoms with Gasteiger partial charge in [-0.15, -0.1) is 0 Å². The number of nitrogens with two attached hydrogens (primary N) is 1. The highest BCUT2D eigenvalue weighted by molar-refractivity contribution is 5.94. The molecule has 7 heteroatoms. The van der Waals surface area contributed by atoms with Crippen LogP contribution in [-0.2, 0) is 6.54 Å². The number of nitrogens with zero attached hydrogens (tertiary/aromatic N) is 1. The van der Waals surface area contributed by atoms with E-state index in [1.165, 1.54) is 0 Å². The van der Waals surface area contributed by atoms with Crippen LogP contribution in [0.5, 0.6) is 0 Å². The van der Waals surface area contributed by atoms with Crippen LogP contribution >= 0.6 is 0 Å². The minimum atomic E-state index is -0.988. The van der Waals surface area contributed by atoms with Crippen molar-refractivity contribution in [3.63, 3.8) is 0 Å². The van der Waals surface area contributed by atoms with Gasteiger partial charge in [0.2, 0.25) is 0 Å². The molecule has 0 fully saturated rings. The Morgan fingerprint density at radius 3 is 2.60 bits per heavy atom. The van der Waals surface area contributed by atoms with Crippen LogP contribution in [0.1, 0.15) is 27.4 Å². The van der Waals surface area contributed by atoms with Gasteiger partial charge in [-0.2, -0.15) is 0 Å². The van der Waals surface area contributed by atoms with E-state index in [1.807, 2.05) is 0 Å². The number of halogens is 2. The summed E-state index contributed by atoms with van der Waals surface area (Å²) in [6.45, 7) is 3.72. The molecule has 106 valence electrons. The number of aromatic nitrogens is 1. The molecular weight excluding hydrogens is 268 g/mol. The third kappa shape index (κ3) is 2.61. The smallest absolute Gasteiger partial charge is 0.251 e. The fourth-order valence-electron chi connectivity index (χ4n) is 1.81. The molecule has 1 amide bonds. The average molecular weight is 281 g/mol. The molecule has 0 aliphatic rings. The van der Waals surface area contributed by atoms with Gasteiger partial charge in [0.25, 0.3) is 5.91 Å². The summed E-state index contributed by atoms with van der Waals surface area (Å²) in [5, 5.41) is 6.54. The van der Waals surface area contributed by atoms with Crippen molar-refractivity contribution < 1.29 is 18.1 Å². The highest BCUT2D eigenvalue weighted by atomic mass is 19.1. The third-order valence-electron chi connectivity index (χ3n) is 2.96. The molecule has 0 unspecified atom stereocenters. The van der Waals surface area contributed by atoms with Crippen molar-refractivity contribution in [1.29, 1.82) is 0 Å². The predicted molar refractivity (Wildman–Crippen MR) is 68.2 cm³/mol. The van der Waals surface area contributed by atoms with Gasteiger partial charge < -0.3 is 15.6 Å². The van der Waals surface area contributed by atoms with E-state index >= 15 is 0 Å². The van der Waals surface area contributed by atoms with E-state index in [1.54, 1.807) is 13.8 Å². The number of hydrogen-bond donors (Lipinski definition) is 2. The maximum Gasteiger partial charge on any atom is 0.251 e. The fourth-order valence-corrected chi connectivity index (χ4v) is 1.81. The summed E-state index contributed by atoms with van der Waals surface area (Å²) < 4.78 is 31.9. The quantitative estimate of drug-likeness (QED) is 0.900. The molecular formula is C13H13F2N3O2. The molecule has 2 aromatic rings. The number of benzene rings is 1. The van der Waals surface area contributed by atoms with E-state index in [4.69, 9.17) is 10.3 Å². The molecule has 0 spiro atoms. The monoisotopic (exact) mass is 281 g/mol. The van der Waals surface area contributed by atoms with Crippen molar-refractivity contribution in [2.24, 2.45) is 5.73 Å². The summed E-state index contributed by atoms with van der Waals surface area (Å²) in [5.74, 6) is -2.15. The normalized spacial score (nSPS) is 10.6. The van der Waals surface area contributed by atoms with Gasteiger partial charge in [0.05, 0.1) is 16.9 Å². The molecule has 5 nitrogen and oxygen atoms in total. The van der Waals surface area contributed by atoms with E-state index in [0.29, 0.717) is 17.5 Å². The topological polar surface area (TPSA) is 81.2 Å². The van der Waals surface area contributed by atoms with Crippen LogP contribution in [0.15, 0.2) is 16.7 Å². The summed E-state index contributed by atoms with van der Waals surface area (Å²) in [4.78, 5) is 11.0. The molecule has 0 aliphatic heterocycles. The molecule has 0 atom stereocenters. The maximum absolute atomic E-state index is 13.6. The first-order chi connectivity index (χ1) is 9.40. The predicted octanol–water partition coefficient (Wildman–Crippen LogP) is 2.28. The zero-order valence-corrected chi connectivity index (χ0v) is 11.0. The highest BCUT2D eigenvalue weighted by Gasteiger charge is 2.15. The van der Waals surface area contributed by atoms with Crippen LogP contribution in [0.4, 0.5) is 14.5 Å². The van der Waals surface area contributed by atoms with E-state index in [0.717, 1.165) is 11.6 Å². The zero-order chi connectivity index (χ0) is 14.9. The zero-order valence-electron chi connectivity index (χ0n) is 11.0. The van der Waals surface area contributed by atoms with E-state index in [9.17, 15) is 13.6 Å². The van der Waals surface area contributed by atoms with Crippen LogP contribution in [0.2, 0.25) is 0 Å². The van der Waals surface area contributed by atoms with Crippen molar-refractivity contribution in [3.05, 3.63) is 46.3 Å². The number of rotatable bonds is 4. The number of carbonyl (C=O) groups excluding carboxylic acids is 1. The standard InChI is InChI=1S/C13H13F2N3O2/c1-6-9(7(2)20-18-6)5-17-12-3-8(13(16)19)10(14)4-11(12)15/h3-4,17H,5H2,1-2H3,(H2,16,19). The first-order valence-corrected chi connectivity index (χ1v) is 5.84. The van der Waals surface area contributed by atoms with Crippen LogP contribution in [0.3, 0.4) is 0 Å². The molecule has 3 N–H and O–H groups in total. The van der Waals surface area contributed by atoms with Crippen LogP contribution < -0.4 is 11.1 Å². The Morgan fingerprint density at radius 2 is 2.05 bits per heavy atom. The summed E-state index contributed by atoms with van der Waals surface area (Å²) >= 11 is 0. The van der Waals surface area contributed by atoms with Gasteiger partial charge in [-0.05, 0) is 19.9 Å². The lowest BCUT2D eigenvalue weighted by Gasteiger charge is -2.09. The second-order valence-electron chi connectivity index (χ2n) is 4.33. The van der Waals surface area contributed by atoms with Crippen LogP contribution in [-0.4, -0.2) is 11.1 Å². The SMILES string of the molecule is Cc1noc(C)c1CNc1cc(C(N)=O)c(F)cc1F. The Kier molecular flexibility index (Phi) is 3.69. The average Bonchev–Trinajstić information content (AvgIpc) is 2.68. The summed E-state index contributed by atoms with van der Waals surface area (Å²) in [5.41, 5.74) is 6.08. The number of carbonyl (C=O) groups is 1. The number of aryl methyl sites for hydroxylation is 2. The van der Waals surface area contributed by atoms with Crippen molar-refractivity contribution in [2.45, 2.75) is 20.4 Å². The molecule has 0 radical (unpaired) electrons. The van der Waals surface area contributed by atoms with Crippen molar-refractivity contribution in [2.75, 3.05) is 5.32 Å². The lowest BCUT2D eigenvalue weighted by Crippen LogP contribution is -2.14. The van der Waals surface area contributed by atoms with Gasteiger partial charge in [-0.25, -0.2) is 8.78 Å². The Bertz CT molecular complexity index is 648. The number of primary amides is 1. The van der Waals surface area contributed by atoms with Gasteiger partial charge in [0.1, 0.15) is 17.4 Å². The molecule has 1 aromatic carbocycles. The van der Waals surface area contributed by atoms with Crippen molar-refractivity contribution in [3.8, 4) is 0 Å². The summed E-state index contributed by atoms with van der Waals surface area (Å²) in [6.07, 6.45) is 0. The number of nitrogens with one attached hydrogen (secondary N) is 1. The summed E-state index contributed by atoms with van der Waals surface area (Å²) in [6, 6.07) is 1.67. The van der Waals surface area contributed by atoms with Gasteiger partial charge in [-0.1, -0.05) is 5.16 Å². The molecule has 0 saturated carbocycles. The molecule has 0 aliphatic carbocycles. The fraction of sp³-hybridized carbons (Fsp3) is 0.231. The minimum absolute atomic E-state index is 0.0137. The largest absolute Gasteiger partial charge is 0.378 e. The van der Waals surface area contributed by atoms with Gasteiger partial charge in [0.15, 0.2) is 0 Å². The maximum atomic E-state index is 13.6. The molecule has 2 rings (SSSR count). The van der Waals surface area contributed by atoms with Crippen molar-refractivity contribution in [1.82, 2.24) is 5.16 Å². The molecule has 0 saturated heterocycles. The molecule has 0 bridgehead atoms. The van der Waals surface area contributed by atoms with E-state index in [2.05, 4.69) is 10.5 Å². The molecule has 1 heterocycles. The van der Waals surface area contributed by atoms with Gasteiger partial charge in [0, 0.05) is 18.2 Å². The first kappa shape index (κ1) is 14.0. The lowest BCUT2D eigenvalue weighted by atomic mass is 10.1. The van der Waals surface area contributed by atoms with Crippen molar-refractivity contribution >= 4 is 11.6 Å². The number of anilines is 1. The molecule has 1 aromatic heterocycles.